The van der Waals surface area contributed by atoms with E-state index in [0.717, 1.165) is 23.3 Å². The fraction of sp³-hybridized carbons (Fsp3) is 0.259. The fourth-order valence-electron chi connectivity index (χ4n) is 4.19. The summed E-state index contributed by atoms with van der Waals surface area (Å²) in [5, 5.41) is 1.46. The molecule has 2 heterocycles. The second kappa shape index (κ2) is 10.4. The standard InChI is InChI=1S/C27H27N3O5/c1-3-4-8-18-9-6-13-22-24(18)27(34)30(26(22)33)17-23(31)28-29-14-7-11-20(16-29)25(32)19-10-5-12-21(15-19)35-2/h5-7,9-15H,3-4,8,16-17H2,1-2H3,(H,28,31). The summed E-state index contributed by atoms with van der Waals surface area (Å²) in [5.74, 6) is -1.06. The number of Topliss-reactive ketones (excluding diaryl/α,β-unsaturated/α-hetero) is 1. The quantitative estimate of drug-likeness (QED) is 0.444. The molecule has 180 valence electrons. The second-order valence-electron chi connectivity index (χ2n) is 8.40. The van der Waals surface area contributed by atoms with Gasteiger partial charge in [0.25, 0.3) is 17.7 Å². The van der Waals surface area contributed by atoms with E-state index in [-0.39, 0.29) is 12.3 Å². The normalized spacial score (nSPS) is 14.6. The Bertz CT molecular complexity index is 1250. The number of ketones is 1. The summed E-state index contributed by atoms with van der Waals surface area (Å²) in [5.41, 5.74) is 5.17. The van der Waals surface area contributed by atoms with Crippen molar-refractivity contribution in [2.24, 2.45) is 0 Å². The number of carbonyl (C=O) groups excluding carboxylic acids is 4. The predicted molar refractivity (Wildman–Crippen MR) is 130 cm³/mol. The molecule has 0 bridgehead atoms. The van der Waals surface area contributed by atoms with Gasteiger partial charge in [-0.05, 0) is 42.7 Å². The molecule has 2 aliphatic rings. The van der Waals surface area contributed by atoms with Crippen molar-refractivity contribution in [1.82, 2.24) is 15.3 Å². The predicted octanol–water partition coefficient (Wildman–Crippen LogP) is 3.30. The van der Waals surface area contributed by atoms with Crippen molar-refractivity contribution < 1.29 is 23.9 Å². The van der Waals surface area contributed by atoms with Gasteiger partial charge in [-0.15, -0.1) is 0 Å². The van der Waals surface area contributed by atoms with Gasteiger partial charge in [0, 0.05) is 17.3 Å². The van der Waals surface area contributed by atoms with E-state index in [9.17, 15) is 19.2 Å². The Labute approximate surface area is 203 Å². The smallest absolute Gasteiger partial charge is 0.262 e. The number of hydrogen-bond donors (Lipinski definition) is 1. The van der Waals surface area contributed by atoms with E-state index < -0.39 is 24.3 Å². The van der Waals surface area contributed by atoms with E-state index in [1.165, 1.54) is 12.1 Å². The van der Waals surface area contributed by atoms with Gasteiger partial charge in [0.2, 0.25) is 0 Å². The molecule has 8 nitrogen and oxygen atoms in total. The molecular weight excluding hydrogens is 446 g/mol. The number of hydrogen-bond acceptors (Lipinski definition) is 6. The zero-order valence-corrected chi connectivity index (χ0v) is 19.7. The highest BCUT2D eigenvalue weighted by molar-refractivity contribution is 6.23. The Kier molecular flexibility index (Phi) is 7.10. The fourth-order valence-corrected chi connectivity index (χ4v) is 4.19. The van der Waals surface area contributed by atoms with E-state index in [1.54, 1.807) is 54.8 Å². The molecule has 0 atom stereocenters. The Balaban J connectivity index is 1.39. The van der Waals surface area contributed by atoms with Crippen molar-refractivity contribution >= 4 is 23.5 Å². The number of methoxy groups -OCH3 is 1. The number of fused-ring (bicyclic) bond motifs is 1. The van der Waals surface area contributed by atoms with Crippen LogP contribution in [0.1, 0.15) is 56.4 Å². The number of aryl methyl sites for hydroxylation is 1. The summed E-state index contributed by atoms with van der Waals surface area (Å²) >= 11 is 0. The van der Waals surface area contributed by atoms with E-state index in [4.69, 9.17) is 4.74 Å². The average molecular weight is 474 g/mol. The first-order chi connectivity index (χ1) is 16.9. The zero-order valence-electron chi connectivity index (χ0n) is 19.7. The molecule has 3 amide bonds. The van der Waals surface area contributed by atoms with E-state index in [1.807, 2.05) is 6.07 Å². The van der Waals surface area contributed by atoms with Crippen LogP contribution in [0.15, 0.2) is 66.4 Å². The Morgan fingerprint density at radius 3 is 2.66 bits per heavy atom. The first kappa shape index (κ1) is 23.9. The van der Waals surface area contributed by atoms with Crippen LogP contribution in [0.25, 0.3) is 0 Å². The molecular formula is C27H27N3O5. The number of amides is 3. The van der Waals surface area contributed by atoms with Gasteiger partial charge in [-0.3, -0.25) is 34.5 Å². The summed E-state index contributed by atoms with van der Waals surface area (Å²) < 4.78 is 5.18. The molecule has 0 fully saturated rings. The molecule has 0 spiro atoms. The van der Waals surface area contributed by atoms with Gasteiger partial charge in [-0.25, -0.2) is 0 Å². The topological polar surface area (TPSA) is 96.0 Å². The third kappa shape index (κ3) is 5.01. The molecule has 0 radical (unpaired) electrons. The van der Waals surface area contributed by atoms with Crippen LogP contribution in [-0.2, 0) is 11.2 Å². The molecule has 2 aromatic carbocycles. The van der Waals surface area contributed by atoms with Crippen LogP contribution >= 0.6 is 0 Å². The van der Waals surface area contributed by atoms with Gasteiger partial charge in [0.15, 0.2) is 5.78 Å². The lowest BCUT2D eigenvalue weighted by Gasteiger charge is -2.25. The number of nitrogens with zero attached hydrogens (tertiary/aromatic N) is 2. The lowest BCUT2D eigenvalue weighted by Crippen LogP contribution is -2.47. The molecule has 4 rings (SSSR count). The maximum Gasteiger partial charge on any atom is 0.262 e. The van der Waals surface area contributed by atoms with Crippen LogP contribution in [0.5, 0.6) is 5.75 Å². The third-order valence-electron chi connectivity index (χ3n) is 5.98. The lowest BCUT2D eigenvalue weighted by atomic mass is 9.98. The van der Waals surface area contributed by atoms with Crippen molar-refractivity contribution in [2.75, 3.05) is 20.2 Å². The second-order valence-corrected chi connectivity index (χ2v) is 8.40. The van der Waals surface area contributed by atoms with Crippen molar-refractivity contribution in [3.05, 3.63) is 88.6 Å². The minimum atomic E-state index is -0.533. The number of nitrogens with one attached hydrogen (secondary N) is 1. The maximum atomic E-state index is 13.0. The van der Waals surface area contributed by atoms with Crippen LogP contribution < -0.4 is 10.2 Å². The zero-order chi connectivity index (χ0) is 24.9. The summed E-state index contributed by atoms with van der Waals surface area (Å²) in [6.07, 6.45) is 7.53. The number of benzene rings is 2. The highest BCUT2D eigenvalue weighted by Crippen LogP contribution is 2.27. The molecule has 2 aromatic rings. The minimum Gasteiger partial charge on any atom is -0.497 e. The monoisotopic (exact) mass is 473 g/mol. The number of hydrazine groups is 1. The number of rotatable bonds is 9. The Hall–Kier alpha value is -4.20. The van der Waals surface area contributed by atoms with Gasteiger partial charge < -0.3 is 4.74 Å². The molecule has 0 unspecified atom stereocenters. The maximum absolute atomic E-state index is 13.0. The minimum absolute atomic E-state index is 0.140. The van der Waals surface area contributed by atoms with Gasteiger partial charge in [0.1, 0.15) is 12.3 Å². The largest absolute Gasteiger partial charge is 0.497 e. The first-order valence-corrected chi connectivity index (χ1v) is 11.5. The summed E-state index contributed by atoms with van der Waals surface area (Å²) in [6, 6.07) is 12.1. The van der Waals surface area contributed by atoms with Crippen LogP contribution in [0, 0.1) is 0 Å². The van der Waals surface area contributed by atoms with Crippen LogP contribution in [-0.4, -0.2) is 53.6 Å². The van der Waals surface area contributed by atoms with Crippen LogP contribution in [0.2, 0.25) is 0 Å². The SMILES string of the molecule is CCCCc1cccc2c1C(=O)N(CC(=O)NN1C=CC=C(C(=O)c3cccc(OC)c3)C1)C2=O. The van der Waals surface area contributed by atoms with Gasteiger partial charge in [-0.2, -0.15) is 0 Å². The Morgan fingerprint density at radius 2 is 1.89 bits per heavy atom. The Morgan fingerprint density at radius 1 is 1.09 bits per heavy atom. The van der Waals surface area contributed by atoms with Crippen molar-refractivity contribution in [2.45, 2.75) is 26.2 Å². The molecule has 35 heavy (non-hydrogen) atoms. The number of ether oxygens (including phenoxy) is 1. The van der Waals surface area contributed by atoms with Crippen molar-refractivity contribution in [3.63, 3.8) is 0 Å². The van der Waals surface area contributed by atoms with E-state index in [0.29, 0.717) is 34.4 Å². The number of unbranched alkanes of at least 4 members (excludes halogenated alkanes) is 1. The summed E-state index contributed by atoms with van der Waals surface area (Å²) in [6.45, 7) is 1.79. The van der Waals surface area contributed by atoms with Crippen LogP contribution in [0.4, 0.5) is 0 Å². The molecule has 0 saturated heterocycles. The lowest BCUT2D eigenvalue weighted by molar-refractivity contribution is -0.125. The molecule has 2 aliphatic heterocycles. The molecule has 0 aliphatic carbocycles. The van der Waals surface area contributed by atoms with Gasteiger partial charge in [-0.1, -0.05) is 43.7 Å². The molecule has 0 saturated carbocycles. The number of carbonyl (C=O) groups is 4. The van der Waals surface area contributed by atoms with Crippen molar-refractivity contribution in [3.8, 4) is 5.75 Å². The molecule has 8 heteroatoms. The highest BCUT2D eigenvalue weighted by atomic mass is 16.5. The third-order valence-corrected chi connectivity index (χ3v) is 5.98. The summed E-state index contributed by atoms with van der Waals surface area (Å²) in [4.78, 5) is 52.5. The first-order valence-electron chi connectivity index (χ1n) is 11.5. The van der Waals surface area contributed by atoms with Gasteiger partial charge >= 0.3 is 0 Å². The van der Waals surface area contributed by atoms with Crippen LogP contribution in [0.3, 0.4) is 0 Å². The van der Waals surface area contributed by atoms with Crippen molar-refractivity contribution in [1.29, 1.82) is 0 Å². The molecule has 1 N–H and O–H groups in total. The summed E-state index contributed by atoms with van der Waals surface area (Å²) in [7, 11) is 1.53. The number of imide groups is 1. The van der Waals surface area contributed by atoms with Gasteiger partial charge in [0.05, 0.1) is 24.8 Å². The highest BCUT2D eigenvalue weighted by Gasteiger charge is 2.38. The molecule has 0 aromatic heterocycles. The van der Waals surface area contributed by atoms with E-state index in [2.05, 4.69) is 12.3 Å². The average Bonchev–Trinajstić information content (AvgIpc) is 3.12. The number of allylic oxidation sites excluding steroid dienone is 2. The van der Waals surface area contributed by atoms with E-state index >= 15 is 0 Å².